The van der Waals surface area contributed by atoms with E-state index in [-0.39, 0.29) is 11.6 Å². The lowest BCUT2D eigenvalue weighted by molar-refractivity contribution is 0.0980. The van der Waals surface area contributed by atoms with E-state index in [0.717, 1.165) is 35.3 Å². The summed E-state index contributed by atoms with van der Waals surface area (Å²) in [5, 5.41) is 6.87. The normalized spacial score (nSPS) is 11.9. The zero-order valence-electron chi connectivity index (χ0n) is 19.9. The van der Waals surface area contributed by atoms with Crippen LogP contribution in [0.4, 0.5) is 22.7 Å². The third-order valence-corrected chi connectivity index (χ3v) is 6.31. The maximum absolute atomic E-state index is 13.7. The Balaban J connectivity index is 1.60. The maximum Gasteiger partial charge on any atom is 0.196 e. The van der Waals surface area contributed by atoms with Gasteiger partial charge in [0.15, 0.2) is 11.6 Å². The predicted octanol–water partition coefficient (Wildman–Crippen LogP) is 7.41. The number of carbonyl (C=O) groups is 2. The quantitative estimate of drug-likeness (QED) is 0.232. The molecule has 1 aliphatic carbocycles. The minimum atomic E-state index is -0.170. The third kappa shape index (κ3) is 4.37. The van der Waals surface area contributed by atoms with E-state index in [2.05, 4.69) is 23.8 Å². The first-order valence-corrected chi connectivity index (χ1v) is 11.9. The van der Waals surface area contributed by atoms with Crippen LogP contribution < -0.4 is 10.6 Å². The van der Waals surface area contributed by atoms with Gasteiger partial charge in [-0.15, -0.1) is 13.2 Å². The fraction of sp³-hybridized carbons (Fsp3) is 0.0625. The van der Waals surface area contributed by atoms with Crippen LogP contribution in [0.5, 0.6) is 0 Å². The monoisotopic (exact) mass is 470 g/mol. The highest BCUT2D eigenvalue weighted by atomic mass is 16.1. The molecule has 0 unspecified atom stereocenters. The fourth-order valence-corrected chi connectivity index (χ4v) is 4.50. The lowest BCUT2D eigenvalue weighted by Gasteiger charge is -2.24. The van der Waals surface area contributed by atoms with E-state index in [1.165, 1.54) is 0 Å². The molecule has 2 N–H and O–H groups in total. The summed E-state index contributed by atoms with van der Waals surface area (Å²) in [5.41, 5.74) is 6.92. The molecule has 0 heterocycles. The number of anilines is 4. The van der Waals surface area contributed by atoms with Gasteiger partial charge < -0.3 is 10.6 Å². The Bertz CT molecular complexity index is 1480. The van der Waals surface area contributed by atoms with Gasteiger partial charge in [0.05, 0.1) is 16.9 Å². The average molecular weight is 471 g/mol. The molecule has 0 saturated heterocycles. The number of allylic oxidation sites excluding steroid dienone is 2. The van der Waals surface area contributed by atoms with Gasteiger partial charge in [0.2, 0.25) is 0 Å². The molecule has 0 aromatic heterocycles. The van der Waals surface area contributed by atoms with Crippen molar-refractivity contribution in [3.05, 3.63) is 144 Å². The number of hydrogen-bond donors (Lipinski definition) is 2. The van der Waals surface area contributed by atoms with Crippen LogP contribution in [0.1, 0.15) is 43.0 Å². The van der Waals surface area contributed by atoms with Gasteiger partial charge in [0.25, 0.3) is 0 Å². The molecular weight excluding hydrogens is 444 g/mol. The van der Waals surface area contributed by atoms with Crippen molar-refractivity contribution in [1.29, 1.82) is 0 Å². The second-order valence-corrected chi connectivity index (χ2v) is 8.74. The first-order valence-electron chi connectivity index (χ1n) is 11.9. The van der Waals surface area contributed by atoms with E-state index in [1.807, 2.05) is 66.7 Å². The fourth-order valence-electron chi connectivity index (χ4n) is 4.50. The summed E-state index contributed by atoms with van der Waals surface area (Å²) in [6.45, 7) is 7.59. The Kier molecular flexibility index (Phi) is 6.33. The maximum atomic E-state index is 13.7. The van der Waals surface area contributed by atoms with Crippen molar-refractivity contribution in [3.63, 3.8) is 0 Å². The van der Waals surface area contributed by atoms with Gasteiger partial charge in [-0.1, -0.05) is 60.7 Å². The van der Waals surface area contributed by atoms with Gasteiger partial charge in [-0.2, -0.15) is 0 Å². The number of rotatable bonds is 8. The standard InChI is InChI=1S/C32H26N2O2/c1-3-7-21-11-15-23(16-12-21)33-28-20-19-27-29(32(36)26-10-6-5-9-25(26)31(27)35)30(28)34-24-17-13-22(8-4-2)14-18-24/h3-6,9-20,33-34H,1-2,7-8H2. The molecule has 0 fully saturated rings. The smallest absolute Gasteiger partial charge is 0.196 e. The zero-order valence-corrected chi connectivity index (χ0v) is 19.9. The van der Waals surface area contributed by atoms with Crippen molar-refractivity contribution < 1.29 is 9.59 Å². The number of nitrogens with one attached hydrogen (secondary N) is 2. The van der Waals surface area contributed by atoms with Crippen LogP contribution in [-0.2, 0) is 12.8 Å². The molecule has 5 rings (SSSR count). The number of benzene rings is 4. The topological polar surface area (TPSA) is 58.2 Å². The molecule has 0 radical (unpaired) electrons. The van der Waals surface area contributed by atoms with Gasteiger partial charge in [0.1, 0.15) is 0 Å². The highest BCUT2D eigenvalue weighted by Crippen LogP contribution is 2.39. The first kappa shape index (κ1) is 23.1. The molecule has 0 saturated carbocycles. The largest absolute Gasteiger partial charge is 0.354 e. The Hall–Kier alpha value is -4.70. The van der Waals surface area contributed by atoms with E-state index >= 15 is 0 Å². The number of carbonyl (C=O) groups excluding carboxylic acids is 2. The van der Waals surface area contributed by atoms with Crippen molar-refractivity contribution in [2.45, 2.75) is 12.8 Å². The van der Waals surface area contributed by atoms with Crippen LogP contribution in [-0.4, -0.2) is 11.6 Å². The highest BCUT2D eigenvalue weighted by Gasteiger charge is 2.32. The molecule has 4 nitrogen and oxygen atoms in total. The van der Waals surface area contributed by atoms with Crippen molar-refractivity contribution in [2.75, 3.05) is 10.6 Å². The summed E-state index contributed by atoms with van der Waals surface area (Å²) >= 11 is 0. The van der Waals surface area contributed by atoms with Crippen LogP contribution in [0.15, 0.2) is 110 Å². The van der Waals surface area contributed by atoms with Crippen LogP contribution in [0.25, 0.3) is 0 Å². The molecule has 0 bridgehead atoms. The van der Waals surface area contributed by atoms with Gasteiger partial charge in [-0.3, -0.25) is 9.59 Å². The van der Waals surface area contributed by atoms with E-state index in [9.17, 15) is 9.59 Å². The van der Waals surface area contributed by atoms with Crippen LogP contribution in [0.2, 0.25) is 0 Å². The Morgan fingerprint density at radius 1 is 0.583 bits per heavy atom. The minimum absolute atomic E-state index is 0.148. The number of fused-ring (bicyclic) bond motifs is 2. The summed E-state index contributed by atoms with van der Waals surface area (Å²) in [6, 6.07) is 26.6. The Labute approximate surface area is 211 Å². The van der Waals surface area contributed by atoms with Gasteiger partial charge in [0, 0.05) is 28.1 Å². The Morgan fingerprint density at radius 3 is 1.67 bits per heavy atom. The zero-order chi connectivity index (χ0) is 25.1. The average Bonchev–Trinajstić information content (AvgIpc) is 2.90. The summed E-state index contributed by atoms with van der Waals surface area (Å²) in [6.07, 6.45) is 5.30. The molecule has 1 aliphatic rings. The second kappa shape index (κ2) is 9.88. The highest BCUT2D eigenvalue weighted by molar-refractivity contribution is 6.31. The number of ketones is 2. The van der Waals surface area contributed by atoms with Crippen molar-refractivity contribution in [1.82, 2.24) is 0 Å². The van der Waals surface area contributed by atoms with Gasteiger partial charge in [-0.25, -0.2) is 0 Å². The molecule has 0 aliphatic heterocycles. The number of hydrogen-bond acceptors (Lipinski definition) is 4. The van der Waals surface area contributed by atoms with Crippen molar-refractivity contribution >= 4 is 34.3 Å². The summed E-state index contributed by atoms with van der Waals surface area (Å²) in [5.74, 6) is -0.319. The third-order valence-electron chi connectivity index (χ3n) is 6.31. The van der Waals surface area contributed by atoms with E-state index in [1.54, 1.807) is 30.3 Å². The first-order chi connectivity index (χ1) is 17.6. The molecule has 36 heavy (non-hydrogen) atoms. The SMILES string of the molecule is C=CCc1ccc(Nc2ccc3c(c2Nc2ccc(CC=C)cc2)C(=O)c2ccccc2C3=O)cc1. The lowest BCUT2D eigenvalue weighted by Crippen LogP contribution is -2.22. The van der Waals surface area contributed by atoms with Crippen LogP contribution >= 0.6 is 0 Å². The van der Waals surface area contributed by atoms with E-state index in [0.29, 0.717) is 33.6 Å². The molecule has 4 aromatic carbocycles. The summed E-state index contributed by atoms with van der Waals surface area (Å²) in [7, 11) is 0. The van der Waals surface area contributed by atoms with E-state index < -0.39 is 0 Å². The minimum Gasteiger partial charge on any atom is -0.354 e. The predicted molar refractivity (Wildman–Crippen MR) is 147 cm³/mol. The Morgan fingerprint density at radius 2 is 1.11 bits per heavy atom. The van der Waals surface area contributed by atoms with Gasteiger partial charge >= 0.3 is 0 Å². The van der Waals surface area contributed by atoms with E-state index in [4.69, 9.17) is 0 Å². The van der Waals surface area contributed by atoms with Crippen LogP contribution in [0, 0.1) is 0 Å². The lowest BCUT2D eigenvalue weighted by atomic mass is 9.82. The summed E-state index contributed by atoms with van der Waals surface area (Å²) in [4.78, 5) is 27.0. The van der Waals surface area contributed by atoms with Gasteiger partial charge in [-0.05, 0) is 60.4 Å². The molecule has 0 spiro atoms. The van der Waals surface area contributed by atoms with Crippen molar-refractivity contribution in [2.24, 2.45) is 0 Å². The molecule has 4 heteroatoms. The summed E-state index contributed by atoms with van der Waals surface area (Å²) < 4.78 is 0. The molecular formula is C32H26N2O2. The second-order valence-electron chi connectivity index (χ2n) is 8.74. The molecule has 0 atom stereocenters. The molecule has 4 aromatic rings. The van der Waals surface area contributed by atoms with Crippen LogP contribution in [0.3, 0.4) is 0 Å². The molecule has 176 valence electrons. The molecule has 0 amide bonds. The van der Waals surface area contributed by atoms with Crippen molar-refractivity contribution in [3.8, 4) is 0 Å².